The van der Waals surface area contributed by atoms with Gasteiger partial charge in [0.25, 0.3) is 0 Å². The van der Waals surface area contributed by atoms with Crippen molar-refractivity contribution in [2.75, 3.05) is 30.8 Å². The smallest absolute Gasteiger partial charge is 0.0749 e. The molecule has 1 fully saturated rings. The van der Waals surface area contributed by atoms with Gasteiger partial charge in [0.15, 0.2) is 0 Å². The highest BCUT2D eigenvalue weighted by Crippen LogP contribution is 2.28. The zero-order chi connectivity index (χ0) is 12.3. The number of halogens is 1. The maximum absolute atomic E-state index is 5.75. The molecule has 1 atom stereocenters. The zero-order valence-electron chi connectivity index (χ0n) is 10.2. The Kier molecular flexibility index (Phi) is 4.29. The van der Waals surface area contributed by atoms with Crippen molar-refractivity contribution in [3.8, 4) is 0 Å². The molecule has 1 unspecified atom stereocenters. The van der Waals surface area contributed by atoms with E-state index in [0.29, 0.717) is 6.10 Å². The first-order valence-corrected chi connectivity index (χ1v) is 6.84. The van der Waals surface area contributed by atoms with Crippen LogP contribution in [0.5, 0.6) is 0 Å². The Bertz CT molecular complexity index is 378. The Morgan fingerprint density at radius 3 is 2.94 bits per heavy atom. The third-order valence-electron chi connectivity index (χ3n) is 3.13. The average Bonchev–Trinajstić information content (AvgIpc) is 2.30. The molecule has 0 radical (unpaired) electrons. The molecule has 17 heavy (non-hydrogen) atoms. The van der Waals surface area contributed by atoms with E-state index in [4.69, 9.17) is 10.5 Å². The van der Waals surface area contributed by atoms with Crippen LogP contribution in [-0.2, 0) is 4.74 Å². The molecule has 1 aliphatic rings. The van der Waals surface area contributed by atoms with Gasteiger partial charge >= 0.3 is 0 Å². The van der Waals surface area contributed by atoms with Crippen LogP contribution < -0.4 is 10.6 Å². The molecule has 1 heterocycles. The SMILES string of the molecule is CN(CC1CCCCO1)c1ccc(N)cc1Br. The summed E-state index contributed by atoms with van der Waals surface area (Å²) in [5, 5.41) is 0. The fraction of sp³-hybridized carbons (Fsp3) is 0.538. The Balaban J connectivity index is 2.00. The standard InChI is InChI=1S/C13H19BrN2O/c1-16(9-11-4-2-3-7-17-11)13-6-5-10(15)8-12(13)14/h5-6,8,11H,2-4,7,9,15H2,1H3. The second kappa shape index (κ2) is 5.74. The molecule has 0 bridgehead atoms. The molecule has 0 aromatic heterocycles. The van der Waals surface area contributed by atoms with Crippen molar-refractivity contribution in [2.45, 2.75) is 25.4 Å². The van der Waals surface area contributed by atoms with Crippen LogP contribution in [0.15, 0.2) is 22.7 Å². The number of ether oxygens (including phenoxy) is 1. The highest BCUT2D eigenvalue weighted by Gasteiger charge is 2.17. The van der Waals surface area contributed by atoms with Gasteiger partial charge in [-0.2, -0.15) is 0 Å². The van der Waals surface area contributed by atoms with E-state index >= 15 is 0 Å². The second-order valence-corrected chi connectivity index (χ2v) is 5.43. The number of benzene rings is 1. The lowest BCUT2D eigenvalue weighted by molar-refractivity contribution is 0.0216. The summed E-state index contributed by atoms with van der Waals surface area (Å²) in [6.07, 6.45) is 4.00. The predicted molar refractivity (Wildman–Crippen MR) is 75.4 cm³/mol. The van der Waals surface area contributed by atoms with E-state index < -0.39 is 0 Å². The summed E-state index contributed by atoms with van der Waals surface area (Å²) in [6.45, 7) is 1.84. The Morgan fingerprint density at radius 2 is 2.29 bits per heavy atom. The fourth-order valence-electron chi connectivity index (χ4n) is 2.19. The number of rotatable bonds is 3. The summed E-state index contributed by atoms with van der Waals surface area (Å²) in [7, 11) is 2.09. The number of nitrogens with zero attached hydrogens (tertiary/aromatic N) is 1. The Morgan fingerprint density at radius 1 is 1.47 bits per heavy atom. The van der Waals surface area contributed by atoms with Crippen LogP contribution in [0.4, 0.5) is 11.4 Å². The van der Waals surface area contributed by atoms with Gasteiger partial charge in [-0.25, -0.2) is 0 Å². The molecule has 1 aliphatic heterocycles. The van der Waals surface area contributed by atoms with Crippen molar-refractivity contribution in [1.82, 2.24) is 0 Å². The molecule has 0 amide bonds. The number of nitrogen functional groups attached to an aromatic ring is 1. The molecule has 1 aromatic carbocycles. The van der Waals surface area contributed by atoms with Gasteiger partial charge in [0, 0.05) is 30.4 Å². The zero-order valence-corrected chi connectivity index (χ0v) is 11.7. The largest absolute Gasteiger partial charge is 0.399 e. The number of anilines is 2. The quantitative estimate of drug-likeness (QED) is 0.872. The molecular formula is C13H19BrN2O. The Hall–Kier alpha value is -0.740. The van der Waals surface area contributed by atoms with Crippen molar-refractivity contribution >= 4 is 27.3 Å². The number of hydrogen-bond acceptors (Lipinski definition) is 3. The van der Waals surface area contributed by atoms with Gasteiger partial charge in [0.1, 0.15) is 0 Å². The van der Waals surface area contributed by atoms with Gasteiger partial charge in [-0.15, -0.1) is 0 Å². The predicted octanol–water partition coefficient (Wildman–Crippen LogP) is 3.04. The molecule has 4 heteroatoms. The third kappa shape index (κ3) is 3.36. The van der Waals surface area contributed by atoms with Crippen LogP contribution in [0.1, 0.15) is 19.3 Å². The molecular weight excluding hydrogens is 280 g/mol. The minimum Gasteiger partial charge on any atom is -0.399 e. The fourth-order valence-corrected chi connectivity index (χ4v) is 2.89. The molecule has 3 nitrogen and oxygen atoms in total. The van der Waals surface area contributed by atoms with Crippen LogP contribution in [0.3, 0.4) is 0 Å². The molecule has 2 rings (SSSR count). The van der Waals surface area contributed by atoms with Gasteiger partial charge in [0.2, 0.25) is 0 Å². The molecule has 1 saturated heterocycles. The maximum Gasteiger partial charge on any atom is 0.0749 e. The van der Waals surface area contributed by atoms with E-state index in [1.165, 1.54) is 12.8 Å². The van der Waals surface area contributed by atoms with E-state index in [2.05, 4.69) is 27.9 Å². The first kappa shape index (κ1) is 12.7. The molecule has 2 N–H and O–H groups in total. The molecule has 0 saturated carbocycles. The molecule has 0 spiro atoms. The summed E-state index contributed by atoms with van der Waals surface area (Å²) in [5.41, 5.74) is 7.68. The van der Waals surface area contributed by atoms with Gasteiger partial charge in [-0.05, 0) is 53.4 Å². The molecule has 0 aliphatic carbocycles. The highest BCUT2D eigenvalue weighted by atomic mass is 79.9. The summed E-state index contributed by atoms with van der Waals surface area (Å²) in [6, 6.07) is 5.91. The van der Waals surface area contributed by atoms with Gasteiger partial charge in [0.05, 0.1) is 11.8 Å². The normalized spacial score (nSPS) is 20.2. The summed E-state index contributed by atoms with van der Waals surface area (Å²) in [5.74, 6) is 0. The average molecular weight is 299 g/mol. The lowest BCUT2D eigenvalue weighted by atomic mass is 10.1. The van der Waals surface area contributed by atoms with Crippen molar-refractivity contribution in [1.29, 1.82) is 0 Å². The van der Waals surface area contributed by atoms with Gasteiger partial charge < -0.3 is 15.4 Å². The van der Waals surface area contributed by atoms with E-state index in [1.54, 1.807) is 0 Å². The topological polar surface area (TPSA) is 38.5 Å². The van der Waals surface area contributed by atoms with Gasteiger partial charge in [-0.1, -0.05) is 0 Å². The third-order valence-corrected chi connectivity index (χ3v) is 3.77. The van der Waals surface area contributed by atoms with E-state index in [0.717, 1.165) is 35.4 Å². The summed E-state index contributed by atoms with van der Waals surface area (Å²) < 4.78 is 6.79. The van der Waals surface area contributed by atoms with Crippen molar-refractivity contribution in [3.05, 3.63) is 22.7 Å². The first-order chi connectivity index (χ1) is 8.16. The van der Waals surface area contributed by atoms with Crippen molar-refractivity contribution in [2.24, 2.45) is 0 Å². The number of likely N-dealkylation sites (N-methyl/N-ethyl adjacent to an activating group) is 1. The lowest BCUT2D eigenvalue weighted by Gasteiger charge is -2.29. The van der Waals surface area contributed by atoms with Crippen LogP contribution in [0.25, 0.3) is 0 Å². The van der Waals surface area contributed by atoms with Gasteiger partial charge in [-0.3, -0.25) is 0 Å². The Labute approximate surface area is 111 Å². The number of nitrogens with two attached hydrogens (primary N) is 1. The van der Waals surface area contributed by atoms with Crippen molar-refractivity contribution < 1.29 is 4.74 Å². The lowest BCUT2D eigenvalue weighted by Crippen LogP contribution is -2.33. The maximum atomic E-state index is 5.75. The van der Waals surface area contributed by atoms with Crippen LogP contribution in [-0.4, -0.2) is 26.3 Å². The highest BCUT2D eigenvalue weighted by molar-refractivity contribution is 9.10. The monoisotopic (exact) mass is 298 g/mol. The molecule has 94 valence electrons. The molecule has 1 aromatic rings. The number of hydrogen-bond donors (Lipinski definition) is 1. The summed E-state index contributed by atoms with van der Waals surface area (Å²) in [4.78, 5) is 2.22. The minimum absolute atomic E-state index is 0.359. The summed E-state index contributed by atoms with van der Waals surface area (Å²) >= 11 is 3.55. The van der Waals surface area contributed by atoms with E-state index in [-0.39, 0.29) is 0 Å². The van der Waals surface area contributed by atoms with E-state index in [1.807, 2.05) is 18.2 Å². The second-order valence-electron chi connectivity index (χ2n) is 4.58. The van der Waals surface area contributed by atoms with Crippen molar-refractivity contribution in [3.63, 3.8) is 0 Å². The van der Waals surface area contributed by atoms with Crippen LogP contribution in [0.2, 0.25) is 0 Å². The van der Waals surface area contributed by atoms with Crippen LogP contribution >= 0.6 is 15.9 Å². The minimum atomic E-state index is 0.359. The van der Waals surface area contributed by atoms with Crippen LogP contribution in [0, 0.1) is 0 Å². The van der Waals surface area contributed by atoms with E-state index in [9.17, 15) is 0 Å². The first-order valence-electron chi connectivity index (χ1n) is 6.04.